The van der Waals surface area contributed by atoms with Gasteiger partial charge in [0.2, 0.25) is 0 Å². The lowest BCUT2D eigenvalue weighted by atomic mass is 10.1. The number of H-pyrrole nitrogens is 1. The van der Waals surface area contributed by atoms with Crippen LogP contribution in [0.1, 0.15) is 34.7 Å². The zero-order valence-electron chi connectivity index (χ0n) is 9.94. The van der Waals surface area contributed by atoms with Crippen molar-refractivity contribution in [1.29, 1.82) is 0 Å². The number of halogens is 1. The molecule has 1 unspecified atom stereocenters. The Morgan fingerprint density at radius 1 is 1.50 bits per heavy atom. The van der Waals surface area contributed by atoms with Crippen LogP contribution in [0.5, 0.6) is 0 Å². The summed E-state index contributed by atoms with van der Waals surface area (Å²) >= 11 is 6.02. The molecular formula is C11H12ClN5O. The third kappa shape index (κ3) is 2.65. The second-order valence-corrected chi connectivity index (χ2v) is 4.36. The summed E-state index contributed by atoms with van der Waals surface area (Å²) in [5, 5.41) is 16.6. The molecule has 0 radical (unpaired) electrons. The predicted octanol–water partition coefficient (Wildman–Crippen LogP) is 1.65. The average molecular weight is 266 g/mol. The quantitative estimate of drug-likeness (QED) is 0.884. The Balaban J connectivity index is 2.12. The average Bonchev–Trinajstić information content (AvgIpc) is 2.81. The maximum atomic E-state index is 12.0. The van der Waals surface area contributed by atoms with Gasteiger partial charge in [-0.3, -0.25) is 4.79 Å². The van der Waals surface area contributed by atoms with E-state index in [1.165, 1.54) is 0 Å². The second-order valence-electron chi connectivity index (χ2n) is 3.95. The molecule has 0 aliphatic heterocycles. The Hall–Kier alpha value is -1.95. The monoisotopic (exact) mass is 265 g/mol. The molecular weight excluding hydrogens is 254 g/mol. The molecule has 2 aromatic rings. The second kappa shape index (κ2) is 5.14. The minimum Gasteiger partial charge on any atom is -0.342 e. The zero-order valence-corrected chi connectivity index (χ0v) is 10.7. The maximum absolute atomic E-state index is 12.0. The number of nitrogens with zero attached hydrogens (tertiary/aromatic N) is 3. The van der Waals surface area contributed by atoms with Crippen molar-refractivity contribution in [2.75, 3.05) is 0 Å². The van der Waals surface area contributed by atoms with E-state index in [0.717, 1.165) is 5.56 Å². The van der Waals surface area contributed by atoms with Gasteiger partial charge in [0.25, 0.3) is 5.91 Å². The van der Waals surface area contributed by atoms with Crippen LogP contribution in [0, 0.1) is 6.92 Å². The highest BCUT2D eigenvalue weighted by Gasteiger charge is 2.16. The molecule has 0 saturated heterocycles. The standard InChI is InChI=1S/C11H12ClN5O/c1-6-3-4-8(9(12)5-6)11(18)13-7(2)10-14-16-17-15-10/h3-5,7H,1-2H3,(H,13,18)(H,14,15,16,17). The fourth-order valence-electron chi connectivity index (χ4n) is 1.50. The van der Waals surface area contributed by atoms with Gasteiger partial charge < -0.3 is 5.32 Å². The molecule has 94 valence electrons. The Labute approximate surface area is 109 Å². The van der Waals surface area contributed by atoms with Gasteiger partial charge in [-0.05, 0) is 31.5 Å². The van der Waals surface area contributed by atoms with E-state index < -0.39 is 0 Å². The zero-order chi connectivity index (χ0) is 13.1. The van der Waals surface area contributed by atoms with E-state index in [1.54, 1.807) is 19.1 Å². The Morgan fingerprint density at radius 3 is 2.89 bits per heavy atom. The van der Waals surface area contributed by atoms with E-state index in [1.807, 2.05) is 13.0 Å². The molecule has 0 bridgehead atoms. The number of amides is 1. The van der Waals surface area contributed by atoms with Gasteiger partial charge in [0.05, 0.1) is 16.6 Å². The number of nitrogens with one attached hydrogen (secondary N) is 2. The van der Waals surface area contributed by atoms with Gasteiger partial charge in [0.15, 0.2) is 5.82 Å². The third-order valence-corrected chi connectivity index (χ3v) is 2.78. The highest BCUT2D eigenvalue weighted by molar-refractivity contribution is 6.33. The van der Waals surface area contributed by atoms with Crippen LogP contribution in [0.3, 0.4) is 0 Å². The topological polar surface area (TPSA) is 83.6 Å². The first-order valence-electron chi connectivity index (χ1n) is 5.38. The van der Waals surface area contributed by atoms with Gasteiger partial charge in [0, 0.05) is 0 Å². The largest absolute Gasteiger partial charge is 0.342 e. The first-order chi connectivity index (χ1) is 8.58. The molecule has 2 N–H and O–H groups in total. The molecule has 18 heavy (non-hydrogen) atoms. The van der Waals surface area contributed by atoms with Gasteiger partial charge in [-0.2, -0.15) is 5.21 Å². The Bertz CT molecular complexity index is 555. The summed E-state index contributed by atoms with van der Waals surface area (Å²) in [6.07, 6.45) is 0. The van der Waals surface area contributed by atoms with E-state index in [4.69, 9.17) is 11.6 Å². The van der Waals surface area contributed by atoms with Gasteiger partial charge in [0.1, 0.15) is 0 Å². The van der Waals surface area contributed by atoms with Crippen LogP contribution < -0.4 is 5.32 Å². The van der Waals surface area contributed by atoms with Crippen molar-refractivity contribution in [3.63, 3.8) is 0 Å². The van der Waals surface area contributed by atoms with E-state index in [9.17, 15) is 4.79 Å². The van der Waals surface area contributed by atoms with E-state index in [-0.39, 0.29) is 11.9 Å². The predicted molar refractivity (Wildman–Crippen MR) is 66.2 cm³/mol. The van der Waals surface area contributed by atoms with Crippen LogP contribution in [-0.2, 0) is 0 Å². The van der Waals surface area contributed by atoms with Crippen LogP contribution in [0.25, 0.3) is 0 Å². The number of aryl methyl sites for hydroxylation is 1. The fraction of sp³-hybridized carbons (Fsp3) is 0.273. The van der Waals surface area contributed by atoms with Crippen molar-refractivity contribution < 1.29 is 4.79 Å². The molecule has 7 heteroatoms. The number of carbonyl (C=O) groups excluding carboxylic acids is 1. The minimum atomic E-state index is -0.339. The lowest BCUT2D eigenvalue weighted by Gasteiger charge is -2.11. The number of tetrazole rings is 1. The number of hydrogen-bond acceptors (Lipinski definition) is 4. The van der Waals surface area contributed by atoms with Crippen LogP contribution in [0.4, 0.5) is 0 Å². The van der Waals surface area contributed by atoms with Crippen LogP contribution in [-0.4, -0.2) is 26.5 Å². The molecule has 1 amide bonds. The lowest BCUT2D eigenvalue weighted by Crippen LogP contribution is -2.27. The van der Waals surface area contributed by atoms with Crippen LogP contribution in [0.15, 0.2) is 18.2 Å². The number of rotatable bonds is 3. The Morgan fingerprint density at radius 2 is 2.28 bits per heavy atom. The number of carbonyl (C=O) groups is 1. The van der Waals surface area contributed by atoms with Crippen molar-refractivity contribution >= 4 is 17.5 Å². The van der Waals surface area contributed by atoms with Crippen molar-refractivity contribution in [3.05, 3.63) is 40.2 Å². The summed E-state index contributed by atoms with van der Waals surface area (Å²) in [7, 11) is 0. The summed E-state index contributed by atoms with van der Waals surface area (Å²) in [6.45, 7) is 3.68. The van der Waals surface area contributed by atoms with Crippen molar-refractivity contribution in [2.24, 2.45) is 0 Å². The number of benzene rings is 1. The smallest absolute Gasteiger partial charge is 0.253 e. The number of hydrogen-bond donors (Lipinski definition) is 2. The lowest BCUT2D eigenvalue weighted by molar-refractivity contribution is 0.0938. The Kier molecular flexibility index (Phi) is 3.57. The van der Waals surface area contributed by atoms with Crippen LogP contribution in [0.2, 0.25) is 5.02 Å². The molecule has 1 aromatic carbocycles. The first kappa shape index (κ1) is 12.5. The van der Waals surface area contributed by atoms with Crippen LogP contribution >= 0.6 is 11.6 Å². The highest BCUT2D eigenvalue weighted by atomic mass is 35.5. The molecule has 0 saturated carbocycles. The van der Waals surface area contributed by atoms with Crippen molar-refractivity contribution in [1.82, 2.24) is 25.9 Å². The maximum Gasteiger partial charge on any atom is 0.253 e. The number of aromatic amines is 1. The molecule has 0 aliphatic carbocycles. The molecule has 1 atom stereocenters. The van der Waals surface area contributed by atoms with Gasteiger partial charge >= 0.3 is 0 Å². The minimum absolute atomic E-state index is 0.266. The molecule has 0 fully saturated rings. The van der Waals surface area contributed by atoms with E-state index >= 15 is 0 Å². The molecule has 0 aliphatic rings. The molecule has 1 aromatic heterocycles. The molecule has 2 rings (SSSR count). The highest BCUT2D eigenvalue weighted by Crippen LogP contribution is 2.18. The summed E-state index contributed by atoms with van der Waals surface area (Å²) in [4.78, 5) is 12.0. The summed E-state index contributed by atoms with van der Waals surface area (Å²) in [5.74, 6) is 0.156. The van der Waals surface area contributed by atoms with E-state index in [2.05, 4.69) is 25.9 Å². The first-order valence-corrected chi connectivity index (χ1v) is 5.76. The van der Waals surface area contributed by atoms with Gasteiger partial charge in [-0.25, -0.2) is 0 Å². The SMILES string of the molecule is Cc1ccc(C(=O)NC(C)c2nn[nH]n2)c(Cl)c1. The van der Waals surface area contributed by atoms with E-state index in [0.29, 0.717) is 16.4 Å². The summed E-state index contributed by atoms with van der Waals surface area (Å²) in [6, 6.07) is 4.93. The van der Waals surface area contributed by atoms with Gasteiger partial charge in [-0.1, -0.05) is 22.9 Å². The third-order valence-electron chi connectivity index (χ3n) is 2.47. The fourth-order valence-corrected chi connectivity index (χ4v) is 1.82. The summed E-state index contributed by atoms with van der Waals surface area (Å²) < 4.78 is 0. The molecule has 0 spiro atoms. The normalized spacial score (nSPS) is 12.2. The number of aromatic nitrogens is 4. The van der Waals surface area contributed by atoms with Crippen molar-refractivity contribution in [3.8, 4) is 0 Å². The molecule has 6 nitrogen and oxygen atoms in total. The summed E-state index contributed by atoms with van der Waals surface area (Å²) in [5.41, 5.74) is 1.43. The van der Waals surface area contributed by atoms with Crippen molar-refractivity contribution in [2.45, 2.75) is 19.9 Å². The van der Waals surface area contributed by atoms with Gasteiger partial charge in [-0.15, -0.1) is 10.2 Å². The molecule has 1 heterocycles.